The summed E-state index contributed by atoms with van der Waals surface area (Å²) >= 11 is 6.44. The van der Waals surface area contributed by atoms with Gasteiger partial charge >= 0.3 is 0 Å². The Morgan fingerprint density at radius 3 is 2.74 bits per heavy atom. The van der Waals surface area contributed by atoms with E-state index in [9.17, 15) is 4.79 Å². The van der Waals surface area contributed by atoms with Crippen molar-refractivity contribution in [3.63, 3.8) is 0 Å². The number of carbonyl (C=O) groups excluding carboxylic acids is 1. The summed E-state index contributed by atoms with van der Waals surface area (Å²) in [4.78, 5) is 14.7. The summed E-state index contributed by atoms with van der Waals surface area (Å²) in [5, 5.41) is 8.79. The number of hydrogen-bond acceptors (Lipinski definition) is 5. The maximum absolute atomic E-state index is 12.0. The Morgan fingerprint density at radius 2 is 2.00 bits per heavy atom. The van der Waals surface area contributed by atoms with Crippen molar-refractivity contribution in [2.75, 3.05) is 13.2 Å². The molecule has 1 aliphatic heterocycles. The van der Waals surface area contributed by atoms with E-state index in [-0.39, 0.29) is 11.8 Å². The van der Waals surface area contributed by atoms with Crippen LogP contribution >= 0.6 is 24.0 Å². The van der Waals surface area contributed by atoms with Gasteiger partial charge in [0.2, 0.25) is 0 Å². The highest BCUT2D eigenvalue weighted by Gasteiger charge is 2.31. The van der Waals surface area contributed by atoms with E-state index in [1.54, 1.807) is 6.08 Å². The Labute approximate surface area is 143 Å². The number of rotatable bonds is 5. The predicted molar refractivity (Wildman–Crippen MR) is 96.1 cm³/mol. The van der Waals surface area contributed by atoms with Crippen LogP contribution < -0.4 is 0 Å². The van der Waals surface area contributed by atoms with E-state index >= 15 is 0 Å². The van der Waals surface area contributed by atoms with Crippen molar-refractivity contribution < 1.29 is 14.3 Å². The van der Waals surface area contributed by atoms with Crippen molar-refractivity contribution in [3.05, 3.63) is 53.1 Å². The number of nitrogens with zero attached hydrogens (tertiary/aromatic N) is 1. The highest BCUT2D eigenvalue weighted by molar-refractivity contribution is 8.19. The first kappa shape index (κ1) is 16.0. The fourth-order valence-corrected chi connectivity index (χ4v) is 3.51. The molecule has 2 heterocycles. The lowest BCUT2D eigenvalue weighted by atomic mass is 10.2. The topological polar surface area (TPSA) is 53.7 Å². The van der Waals surface area contributed by atoms with E-state index < -0.39 is 0 Å². The Hall–Kier alpha value is -1.89. The molecule has 0 bridgehead atoms. The summed E-state index contributed by atoms with van der Waals surface area (Å²) in [7, 11) is 0. The molecule has 0 unspecified atom stereocenters. The number of carbonyl (C=O) groups is 1. The van der Waals surface area contributed by atoms with Crippen LogP contribution in [0.5, 0.6) is 0 Å². The second kappa shape index (κ2) is 7.12. The van der Waals surface area contributed by atoms with Crippen LogP contribution in [0.4, 0.5) is 4.79 Å². The number of aliphatic hydroxyl groups excluding tert-OH is 1. The van der Waals surface area contributed by atoms with Crippen molar-refractivity contribution in [1.82, 2.24) is 4.90 Å². The molecule has 0 saturated carbocycles. The minimum Gasteiger partial charge on any atom is -0.457 e. The van der Waals surface area contributed by atoms with Crippen LogP contribution in [0.25, 0.3) is 17.4 Å². The Balaban J connectivity index is 1.79. The molecule has 6 heteroatoms. The van der Waals surface area contributed by atoms with Gasteiger partial charge < -0.3 is 9.52 Å². The normalized spacial score (nSPS) is 16.6. The maximum atomic E-state index is 12.0. The Bertz CT molecular complexity index is 752. The van der Waals surface area contributed by atoms with E-state index in [2.05, 4.69) is 0 Å². The molecule has 0 spiro atoms. The van der Waals surface area contributed by atoms with Gasteiger partial charge in [0.1, 0.15) is 16.5 Å². The molecular formula is C17H15NO3S2. The molecule has 0 radical (unpaired) electrons. The van der Waals surface area contributed by atoms with E-state index in [0.29, 0.717) is 28.6 Å². The van der Waals surface area contributed by atoms with Crippen LogP contribution in [0.3, 0.4) is 0 Å². The van der Waals surface area contributed by atoms with E-state index in [4.69, 9.17) is 21.7 Å². The molecule has 1 aromatic carbocycles. The van der Waals surface area contributed by atoms with E-state index in [0.717, 1.165) is 23.1 Å². The van der Waals surface area contributed by atoms with Crippen LogP contribution in [0.1, 0.15) is 12.2 Å². The summed E-state index contributed by atoms with van der Waals surface area (Å²) in [6, 6.07) is 13.6. The second-order valence-corrected chi connectivity index (χ2v) is 6.36. The van der Waals surface area contributed by atoms with Gasteiger partial charge in [-0.3, -0.25) is 9.69 Å². The molecule has 3 rings (SSSR count). The lowest BCUT2D eigenvalue weighted by Crippen LogP contribution is -2.28. The Kier molecular flexibility index (Phi) is 4.95. The van der Waals surface area contributed by atoms with Crippen LogP contribution in [0, 0.1) is 0 Å². The second-order valence-electron chi connectivity index (χ2n) is 4.98. The van der Waals surface area contributed by atoms with Gasteiger partial charge in [0, 0.05) is 18.7 Å². The summed E-state index contributed by atoms with van der Waals surface area (Å²) in [5.74, 6) is 1.43. The van der Waals surface area contributed by atoms with Gasteiger partial charge in [-0.2, -0.15) is 0 Å². The van der Waals surface area contributed by atoms with E-state index in [1.165, 1.54) is 4.90 Å². The van der Waals surface area contributed by atoms with Gasteiger partial charge in [-0.1, -0.05) is 42.5 Å². The first-order valence-electron chi connectivity index (χ1n) is 7.20. The third-order valence-electron chi connectivity index (χ3n) is 3.37. The average molecular weight is 345 g/mol. The molecular weight excluding hydrogens is 330 g/mol. The lowest BCUT2D eigenvalue weighted by Gasteiger charge is -2.13. The van der Waals surface area contributed by atoms with Gasteiger partial charge in [0.05, 0.1) is 4.91 Å². The molecule has 0 atom stereocenters. The first-order valence-corrected chi connectivity index (χ1v) is 8.43. The number of amides is 1. The third kappa shape index (κ3) is 3.55. The molecule has 1 aliphatic rings. The maximum Gasteiger partial charge on any atom is 0.291 e. The standard InChI is InChI=1S/C17H15NO3S2/c19-10-4-9-18-16(22)15(23-17(18)20)11-13-7-8-14(21-13)12-5-2-1-3-6-12/h1-3,5-8,11,19H,4,9-10H2/b15-11+. The van der Waals surface area contributed by atoms with Crippen LogP contribution in [0.15, 0.2) is 51.8 Å². The minimum atomic E-state index is -0.107. The van der Waals surface area contributed by atoms with Gasteiger partial charge in [-0.15, -0.1) is 0 Å². The van der Waals surface area contributed by atoms with Crippen molar-refractivity contribution in [2.24, 2.45) is 0 Å². The molecule has 1 saturated heterocycles. The zero-order valence-electron chi connectivity index (χ0n) is 12.3. The monoisotopic (exact) mass is 345 g/mol. The summed E-state index contributed by atoms with van der Waals surface area (Å²) in [6.07, 6.45) is 2.30. The number of thioether (sulfide) groups is 1. The van der Waals surface area contributed by atoms with Crippen molar-refractivity contribution in [2.45, 2.75) is 6.42 Å². The highest BCUT2D eigenvalue weighted by Crippen LogP contribution is 2.34. The molecule has 118 valence electrons. The average Bonchev–Trinajstić information content (AvgIpc) is 3.13. The summed E-state index contributed by atoms with van der Waals surface area (Å²) in [5.41, 5.74) is 0.999. The number of aliphatic hydroxyl groups is 1. The summed E-state index contributed by atoms with van der Waals surface area (Å²) in [6.45, 7) is 0.473. The Morgan fingerprint density at radius 1 is 1.22 bits per heavy atom. The number of benzene rings is 1. The molecule has 1 aromatic heterocycles. The molecule has 1 amide bonds. The minimum absolute atomic E-state index is 0.0364. The van der Waals surface area contributed by atoms with Gasteiger partial charge in [0.25, 0.3) is 5.24 Å². The number of furan rings is 1. The van der Waals surface area contributed by atoms with Crippen LogP contribution in [-0.2, 0) is 0 Å². The molecule has 1 fully saturated rings. The zero-order chi connectivity index (χ0) is 16.2. The fraction of sp³-hybridized carbons (Fsp3) is 0.176. The van der Waals surface area contributed by atoms with Gasteiger partial charge in [-0.25, -0.2) is 0 Å². The lowest BCUT2D eigenvalue weighted by molar-refractivity contribution is 0.238. The number of hydrogen-bond donors (Lipinski definition) is 1. The van der Waals surface area contributed by atoms with Crippen molar-refractivity contribution in [3.8, 4) is 11.3 Å². The molecule has 4 nitrogen and oxygen atoms in total. The van der Waals surface area contributed by atoms with Crippen LogP contribution in [-0.4, -0.2) is 33.4 Å². The highest BCUT2D eigenvalue weighted by atomic mass is 32.2. The molecule has 1 N–H and O–H groups in total. The molecule has 2 aromatic rings. The first-order chi connectivity index (χ1) is 11.2. The SMILES string of the molecule is O=C1S/C(=C/c2ccc(-c3ccccc3)o2)C(=S)N1CCCO. The third-order valence-corrected chi connectivity index (χ3v) is 4.87. The molecule has 23 heavy (non-hydrogen) atoms. The van der Waals surface area contributed by atoms with Gasteiger partial charge in [0.15, 0.2) is 0 Å². The largest absolute Gasteiger partial charge is 0.457 e. The fourth-order valence-electron chi connectivity index (χ4n) is 2.24. The van der Waals surface area contributed by atoms with Crippen molar-refractivity contribution >= 4 is 40.3 Å². The van der Waals surface area contributed by atoms with E-state index in [1.807, 2.05) is 42.5 Å². The predicted octanol–water partition coefficient (Wildman–Crippen LogP) is 4.17. The number of thiocarbonyl (C=S) groups is 1. The smallest absolute Gasteiger partial charge is 0.291 e. The van der Waals surface area contributed by atoms with Crippen LogP contribution in [0.2, 0.25) is 0 Å². The summed E-state index contributed by atoms with van der Waals surface area (Å²) < 4.78 is 5.81. The van der Waals surface area contributed by atoms with Gasteiger partial charge in [-0.05, 0) is 36.4 Å². The quantitative estimate of drug-likeness (QED) is 0.651. The zero-order valence-corrected chi connectivity index (χ0v) is 13.9. The van der Waals surface area contributed by atoms with Crippen molar-refractivity contribution in [1.29, 1.82) is 0 Å². The molecule has 0 aliphatic carbocycles.